The van der Waals surface area contributed by atoms with E-state index in [9.17, 15) is 23.1 Å². The second-order valence-corrected chi connectivity index (χ2v) is 9.74. The Kier molecular flexibility index (Phi) is 6.50. The molecule has 1 unspecified atom stereocenters. The second-order valence-electron chi connectivity index (χ2n) is 9.74. The van der Waals surface area contributed by atoms with Crippen LogP contribution in [0.15, 0.2) is 29.3 Å². The van der Waals surface area contributed by atoms with Gasteiger partial charge in [0.25, 0.3) is 0 Å². The minimum absolute atomic E-state index is 0.0152. The molecule has 1 saturated carbocycles. The molecule has 0 saturated heterocycles. The van der Waals surface area contributed by atoms with Gasteiger partial charge >= 0.3 is 12.1 Å². The molecule has 2 aliphatic rings. The molecule has 0 spiro atoms. The van der Waals surface area contributed by atoms with Crippen molar-refractivity contribution in [3.8, 4) is 5.88 Å². The van der Waals surface area contributed by atoms with Crippen molar-refractivity contribution in [3.05, 3.63) is 41.2 Å². The molecule has 3 N–H and O–H groups in total. The molecule has 1 aromatic carbocycles. The third-order valence-electron chi connectivity index (χ3n) is 7.03. The van der Waals surface area contributed by atoms with Crippen molar-refractivity contribution in [2.45, 2.75) is 70.6 Å². The highest BCUT2D eigenvalue weighted by atomic mass is 19.4. The number of ether oxygens (including phenoxy) is 1. The molecule has 1 aliphatic heterocycles. The zero-order chi connectivity index (χ0) is 25.5. The SMILES string of the molecule is CCC(C(=O)O)C1CCC(c2ccc(C3=Nc4c(N)nc(C(F)(F)F)nc4OC3(C)C)cc2)CC1. The number of benzene rings is 1. The molecule has 1 fully saturated rings. The van der Waals surface area contributed by atoms with E-state index in [1.54, 1.807) is 13.8 Å². The number of fused-ring (bicyclic) bond motifs is 1. The Morgan fingerprint density at radius 1 is 1.17 bits per heavy atom. The van der Waals surface area contributed by atoms with Gasteiger partial charge in [0, 0.05) is 5.56 Å². The van der Waals surface area contributed by atoms with Gasteiger partial charge in [0.05, 0.1) is 11.6 Å². The molecule has 0 amide bonds. The number of hydrogen-bond donors (Lipinski definition) is 2. The second kappa shape index (κ2) is 9.13. The number of aromatic nitrogens is 2. The number of alkyl halides is 3. The van der Waals surface area contributed by atoms with Gasteiger partial charge in [-0.05, 0) is 63.4 Å². The van der Waals surface area contributed by atoms with Crippen molar-refractivity contribution >= 4 is 23.2 Å². The predicted octanol–water partition coefficient (Wildman–Crippen LogP) is 5.75. The van der Waals surface area contributed by atoms with Crippen LogP contribution in [-0.4, -0.2) is 32.4 Å². The van der Waals surface area contributed by atoms with Crippen molar-refractivity contribution < 1.29 is 27.8 Å². The lowest BCUT2D eigenvalue weighted by molar-refractivity contribution is -0.145. The number of anilines is 1. The van der Waals surface area contributed by atoms with E-state index < -0.39 is 29.4 Å². The minimum Gasteiger partial charge on any atom is -0.481 e. The summed E-state index contributed by atoms with van der Waals surface area (Å²) < 4.78 is 45.0. The van der Waals surface area contributed by atoms with Crippen molar-refractivity contribution in [2.24, 2.45) is 16.8 Å². The van der Waals surface area contributed by atoms with Gasteiger partial charge in [0.1, 0.15) is 5.60 Å². The highest BCUT2D eigenvalue weighted by molar-refractivity contribution is 6.09. The number of carboxylic acids is 1. The van der Waals surface area contributed by atoms with Crippen molar-refractivity contribution in [1.82, 2.24) is 9.97 Å². The Bertz CT molecular complexity index is 1140. The van der Waals surface area contributed by atoms with Crippen LogP contribution in [0.4, 0.5) is 24.7 Å². The van der Waals surface area contributed by atoms with Crippen LogP contribution >= 0.6 is 0 Å². The highest BCUT2D eigenvalue weighted by Gasteiger charge is 2.40. The van der Waals surface area contributed by atoms with Gasteiger partial charge in [-0.25, -0.2) is 9.98 Å². The van der Waals surface area contributed by atoms with Crippen molar-refractivity contribution in [3.63, 3.8) is 0 Å². The Balaban J connectivity index is 1.55. The van der Waals surface area contributed by atoms with Crippen molar-refractivity contribution in [2.75, 3.05) is 5.73 Å². The summed E-state index contributed by atoms with van der Waals surface area (Å²) in [5.74, 6) is -2.47. The molecule has 2 aromatic rings. The molecule has 0 radical (unpaired) electrons. The minimum atomic E-state index is -4.75. The summed E-state index contributed by atoms with van der Waals surface area (Å²) in [5.41, 5.74) is 7.17. The topological polar surface area (TPSA) is 111 Å². The average molecular weight is 491 g/mol. The zero-order valence-corrected chi connectivity index (χ0v) is 19.9. The molecule has 188 valence electrons. The summed E-state index contributed by atoms with van der Waals surface area (Å²) in [6.45, 7) is 5.35. The summed E-state index contributed by atoms with van der Waals surface area (Å²) in [6.07, 6.45) is -0.448. The van der Waals surface area contributed by atoms with Gasteiger partial charge in [-0.3, -0.25) is 4.79 Å². The fourth-order valence-corrected chi connectivity index (χ4v) is 5.18. The molecule has 4 rings (SSSR count). The van der Waals surface area contributed by atoms with Gasteiger partial charge in [0.15, 0.2) is 11.5 Å². The molecular weight excluding hydrogens is 461 g/mol. The van der Waals surface area contributed by atoms with Crippen LogP contribution in [0, 0.1) is 11.8 Å². The average Bonchev–Trinajstić information content (AvgIpc) is 2.78. The Labute approximate surface area is 201 Å². The Morgan fingerprint density at radius 2 is 1.80 bits per heavy atom. The van der Waals surface area contributed by atoms with Crippen LogP contribution in [0.5, 0.6) is 5.88 Å². The molecule has 1 aromatic heterocycles. The van der Waals surface area contributed by atoms with E-state index in [4.69, 9.17) is 10.5 Å². The van der Waals surface area contributed by atoms with E-state index >= 15 is 0 Å². The largest absolute Gasteiger partial charge is 0.481 e. The van der Waals surface area contributed by atoms with Crippen LogP contribution in [0.1, 0.15) is 75.7 Å². The van der Waals surface area contributed by atoms with Crippen molar-refractivity contribution in [1.29, 1.82) is 0 Å². The van der Waals surface area contributed by atoms with E-state index in [0.29, 0.717) is 18.1 Å². The van der Waals surface area contributed by atoms with Crippen LogP contribution < -0.4 is 10.5 Å². The van der Waals surface area contributed by atoms with Gasteiger partial charge < -0.3 is 15.6 Å². The van der Waals surface area contributed by atoms with Crippen LogP contribution in [0.25, 0.3) is 0 Å². The fraction of sp³-hybridized carbons (Fsp3) is 0.520. The number of rotatable bonds is 5. The van der Waals surface area contributed by atoms with Gasteiger partial charge in [-0.2, -0.15) is 18.2 Å². The summed E-state index contributed by atoms with van der Waals surface area (Å²) in [6, 6.07) is 7.89. The number of carboxylic acid groups (broad SMARTS) is 1. The number of nitrogen functional groups attached to an aromatic ring is 1. The lowest BCUT2D eigenvalue weighted by atomic mass is 9.73. The first kappa shape index (κ1) is 24.9. The molecular formula is C25H29F3N4O3. The van der Waals surface area contributed by atoms with E-state index in [2.05, 4.69) is 15.0 Å². The first-order chi connectivity index (χ1) is 16.4. The number of nitrogens with two attached hydrogens (primary N) is 1. The first-order valence-electron chi connectivity index (χ1n) is 11.8. The molecule has 1 aliphatic carbocycles. The lowest BCUT2D eigenvalue weighted by Crippen LogP contribution is -2.41. The zero-order valence-electron chi connectivity index (χ0n) is 19.9. The normalized spacial score (nSPS) is 22.5. The van der Waals surface area contributed by atoms with Gasteiger partial charge in [-0.15, -0.1) is 0 Å². The molecule has 35 heavy (non-hydrogen) atoms. The number of hydrogen-bond acceptors (Lipinski definition) is 6. The maximum absolute atomic E-state index is 13.1. The molecule has 2 heterocycles. The summed E-state index contributed by atoms with van der Waals surface area (Å²) in [7, 11) is 0. The van der Waals surface area contributed by atoms with Gasteiger partial charge in [0.2, 0.25) is 11.7 Å². The predicted molar refractivity (Wildman–Crippen MR) is 125 cm³/mol. The first-order valence-corrected chi connectivity index (χ1v) is 11.8. The van der Waals surface area contributed by atoms with Crippen LogP contribution in [0.2, 0.25) is 0 Å². The fourth-order valence-electron chi connectivity index (χ4n) is 5.18. The number of aliphatic imine (C=N–C) groups is 1. The Hall–Kier alpha value is -3.17. The summed E-state index contributed by atoms with van der Waals surface area (Å²) >= 11 is 0. The van der Waals surface area contributed by atoms with E-state index in [0.717, 1.165) is 31.2 Å². The third kappa shape index (κ3) is 4.97. The number of aliphatic carboxylic acids is 1. The third-order valence-corrected chi connectivity index (χ3v) is 7.03. The smallest absolute Gasteiger partial charge is 0.451 e. The lowest BCUT2D eigenvalue weighted by Gasteiger charge is -2.33. The summed E-state index contributed by atoms with van der Waals surface area (Å²) in [4.78, 5) is 22.9. The molecule has 10 heteroatoms. The van der Waals surface area contributed by atoms with E-state index in [1.807, 2.05) is 31.2 Å². The quantitative estimate of drug-likeness (QED) is 0.552. The van der Waals surface area contributed by atoms with E-state index in [-0.39, 0.29) is 23.4 Å². The monoisotopic (exact) mass is 490 g/mol. The number of halogens is 3. The van der Waals surface area contributed by atoms with Crippen LogP contribution in [-0.2, 0) is 11.0 Å². The van der Waals surface area contributed by atoms with E-state index in [1.165, 1.54) is 5.56 Å². The van der Waals surface area contributed by atoms with Gasteiger partial charge in [-0.1, -0.05) is 31.2 Å². The maximum atomic E-state index is 13.1. The standard InChI is InChI=1S/C25H29F3N4O3/c1-4-17(22(33)34)15-9-5-13(6-10-15)14-7-11-16(12-8-14)19-24(2,3)35-21-18(30-19)20(29)31-23(32-21)25(26,27)28/h7-8,11-13,15,17H,4-6,9-10H2,1-3H3,(H,33,34)(H2,29,31,32). The number of nitrogens with zero attached hydrogens (tertiary/aromatic N) is 3. The Morgan fingerprint density at radius 3 is 2.34 bits per heavy atom. The molecule has 1 atom stereocenters. The number of carbonyl (C=O) groups is 1. The molecule has 0 bridgehead atoms. The summed E-state index contributed by atoms with van der Waals surface area (Å²) in [5, 5.41) is 9.45. The molecule has 7 nitrogen and oxygen atoms in total. The van der Waals surface area contributed by atoms with Crippen LogP contribution in [0.3, 0.4) is 0 Å². The maximum Gasteiger partial charge on any atom is 0.451 e. The highest BCUT2D eigenvalue weighted by Crippen LogP contribution is 2.43.